The summed E-state index contributed by atoms with van der Waals surface area (Å²) in [4.78, 5) is 14.3. The monoisotopic (exact) mass is 277 g/mol. The topological polar surface area (TPSA) is 20.3 Å². The van der Waals surface area contributed by atoms with Gasteiger partial charge in [-0.05, 0) is 50.1 Å². The van der Waals surface area contributed by atoms with Crippen LogP contribution in [0.4, 0.5) is 4.39 Å². The minimum Gasteiger partial charge on any atom is -0.306 e. The third-order valence-electron chi connectivity index (χ3n) is 4.18. The highest BCUT2D eigenvalue weighted by molar-refractivity contribution is 5.96. The van der Waals surface area contributed by atoms with Gasteiger partial charge in [-0.2, -0.15) is 0 Å². The first-order valence-corrected chi connectivity index (χ1v) is 7.62. The van der Waals surface area contributed by atoms with Crippen molar-refractivity contribution >= 4 is 5.78 Å². The van der Waals surface area contributed by atoms with Crippen LogP contribution in [0, 0.1) is 11.7 Å². The summed E-state index contributed by atoms with van der Waals surface area (Å²) in [6.45, 7) is 1.88. The summed E-state index contributed by atoms with van der Waals surface area (Å²) in [5.41, 5.74) is 0.609. The molecule has 1 saturated carbocycles. The predicted molar refractivity (Wildman–Crippen MR) is 79.4 cm³/mol. The molecule has 1 fully saturated rings. The van der Waals surface area contributed by atoms with Crippen LogP contribution in [0.2, 0.25) is 0 Å². The molecule has 2 nitrogen and oxygen atoms in total. The first-order chi connectivity index (χ1) is 9.65. The molecule has 0 N–H and O–H groups in total. The summed E-state index contributed by atoms with van der Waals surface area (Å²) in [6.07, 6.45) is 7.25. The van der Waals surface area contributed by atoms with E-state index in [2.05, 4.69) is 11.9 Å². The van der Waals surface area contributed by atoms with Crippen molar-refractivity contribution < 1.29 is 9.18 Å². The van der Waals surface area contributed by atoms with Crippen molar-refractivity contribution in [2.24, 2.45) is 5.92 Å². The highest BCUT2D eigenvalue weighted by Crippen LogP contribution is 2.24. The van der Waals surface area contributed by atoms with Gasteiger partial charge in [0.1, 0.15) is 5.82 Å². The second-order valence-corrected chi connectivity index (χ2v) is 5.95. The summed E-state index contributed by atoms with van der Waals surface area (Å²) >= 11 is 0. The Labute approximate surface area is 121 Å². The zero-order valence-corrected chi connectivity index (χ0v) is 12.3. The highest BCUT2D eigenvalue weighted by Gasteiger charge is 2.16. The third-order valence-corrected chi connectivity index (χ3v) is 4.18. The van der Waals surface area contributed by atoms with E-state index < -0.39 is 0 Å². The molecule has 0 heterocycles. The van der Waals surface area contributed by atoms with Crippen molar-refractivity contribution in [2.75, 3.05) is 20.1 Å². The van der Waals surface area contributed by atoms with Crippen molar-refractivity contribution in [2.45, 2.75) is 38.5 Å². The summed E-state index contributed by atoms with van der Waals surface area (Å²) in [6, 6.07) is 5.83. The van der Waals surface area contributed by atoms with Gasteiger partial charge in [-0.25, -0.2) is 4.39 Å². The zero-order valence-electron chi connectivity index (χ0n) is 12.3. The van der Waals surface area contributed by atoms with Gasteiger partial charge in [0.15, 0.2) is 5.78 Å². The van der Waals surface area contributed by atoms with Crippen molar-refractivity contribution in [3.05, 3.63) is 35.6 Å². The summed E-state index contributed by atoms with van der Waals surface area (Å²) in [7, 11) is 2.09. The van der Waals surface area contributed by atoms with Gasteiger partial charge >= 0.3 is 0 Å². The number of carbonyl (C=O) groups is 1. The fourth-order valence-corrected chi connectivity index (χ4v) is 2.97. The van der Waals surface area contributed by atoms with Gasteiger partial charge in [0, 0.05) is 25.1 Å². The highest BCUT2D eigenvalue weighted by atomic mass is 19.1. The molecule has 0 bridgehead atoms. The Morgan fingerprint density at radius 1 is 1.20 bits per heavy atom. The Hall–Kier alpha value is -1.22. The first kappa shape index (κ1) is 15.2. The minimum absolute atomic E-state index is 0.0977. The van der Waals surface area contributed by atoms with Crippen LogP contribution in [0.1, 0.15) is 48.9 Å². The molecule has 3 heteroatoms. The lowest BCUT2D eigenvalue weighted by Gasteiger charge is -2.26. The zero-order chi connectivity index (χ0) is 14.4. The molecule has 0 atom stereocenters. The molecule has 0 unspecified atom stereocenters. The number of rotatable bonds is 6. The molecule has 0 radical (unpaired) electrons. The van der Waals surface area contributed by atoms with Crippen LogP contribution in [0.5, 0.6) is 0 Å². The molecular weight excluding hydrogens is 253 g/mol. The van der Waals surface area contributed by atoms with Crippen LogP contribution in [-0.2, 0) is 0 Å². The number of nitrogens with zero attached hydrogens (tertiary/aromatic N) is 1. The van der Waals surface area contributed by atoms with Gasteiger partial charge in [-0.3, -0.25) is 4.79 Å². The Kier molecular flexibility index (Phi) is 5.72. The van der Waals surface area contributed by atoms with Gasteiger partial charge < -0.3 is 4.90 Å². The Balaban J connectivity index is 1.73. The van der Waals surface area contributed by atoms with Gasteiger partial charge in [0.2, 0.25) is 0 Å². The Morgan fingerprint density at radius 3 is 2.50 bits per heavy atom. The maximum absolute atomic E-state index is 12.8. The Bertz CT molecular complexity index is 423. The number of benzene rings is 1. The van der Waals surface area contributed by atoms with Crippen LogP contribution < -0.4 is 0 Å². The second-order valence-electron chi connectivity index (χ2n) is 5.95. The minimum atomic E-state index is -0.295. The molecule has 20 heavy (non-hydrogen) atoms. The van der Waals surface area contributed by atoms with Gasteiger partial charge in [0.25, 0.3) is 0 Å². The molecule has 0 amide bonds. The van der Waals surface area contributed by atoms with Gasteiger partial charge in [0.05, 0.1) is 0 Å². The molecule has 110 valence electrons. The van der Waals surface area contributed by atoms with Crippen LogP contribution in [-0.4, -0.2) is 30.8 Å². The number of ketones is 1. The van der Waals surface area contributed by atoms with E-state index in [0.717, 1.165) is 19.0 Å². The van der Waals surface area contributed by atoms with E-state index in [1.165, 1.54) is 44.2 Å². The van der Waals surface area contributed by atoms with Crippen LogP contribution in [0.3, 0.4) is 0 Å². The number of Topliss-reactive ketones (excluding diaryl/α,β-unsaturated/α-hetero) is 1. The molecular formula is C17H24FNO. The van der Waals surface area contributed by atoms with E-state index in [4.69, 9.17) is 0 Å². The van der Waals surface area contributed by atoms with E-state index in [9.17, 15) is 9.18 Å². The molecule has 0 aromatic heterocycles. The van der Waals surface area contributed by atoms with Gasteiger partial charge in [-0.15, -0.1) is 0 Å². The van der Waals surface area contributed by atoms with E-state index in [0.29, 0.717) is 12.0 Å². The quantitative estimate of drug-likeness (QED) is 0.735. The molecule has 2 rings (SSSR count). The smallest absolute Gasteiger partial charge is 0.164 e. The Morgan fingerprint density at radius 2 is 1.85 bits per heavy atom. The lowest BCUT2D eigenvalue weighted by atomic mass is 9.89. The predicted octanol–water partition coefficient (Wildman–Crippen LogP) is 3.91. The first-order valence-electron chi connectivity index (χ1n) is 7.62. The molecule has 0 aliphatic heterocycles. The third kappa shape index (κ3) is 4.71. The maximum atomic E-state index is 12.8. The fourth-order valence-electron chi connectivity index (χ4n) is 2.97. The van der Waals surface area contributed by atoms with E-state index in [1.807, 2.05) is 0 Å². The van der Waals surface area contributed by atoms with Crippen molar-refractivity contribution in [1.29, 1.82) is 0 Å². The van der Waals surface area contributed by atoms with E-state index >= 15 is 0 Å². The largest absolute Gasteiger partial charge is 0.306 e. The molecule has 1 aliphatic carbocycles. The fraction of sp³-hybridized carbons (Fsp3) is 0.588. The molecule has 1 aromatic carbocycles. The lowest BCUT2D eigenvalue weighted by Crippen LogP contribution is -2.29. The average Bonchev–Trinajstić information content (AvgIpc) is 2.46. The molecule has 0 saturated heterocycles. The average molecular weight is 277 g/mol. The van der Waals surface area contributed by atoms with Crippen molar-refractivity contribution in [1.82, 2.24) is 4.90 Å². The number of halogens is 1. The van der Waals surface area contributed by atoms with Gasteiger partial charge in [-0.1, -0.05) is 19.3 Å². The summed E-state index contributed by atoms with van der Waals surface area (Å²) in [5.74, 6) is 0.603. The van der Waals surface area contributed by atoms with Crippen molar-refractivity contribution in [3.8, 4) is 0 Å². The van der Waals surface area contributed by atoms with E-state index in [1.54, 1.807) is 12.1 Å². The van der Waals surface area contributed by atoms with Crippen LogP contribution >= 0.6 is 0 Å². The van der Waals surface area contributed by atoms with Crippen LogP contribution in [0.25, 0.3) is 0 Å². The number of hydrogen-bond donors (Lipinski definition) is 0. The maximum Gasteiger partial charge on any atom is 0.164 e. The molecule has 1 aromatic rings. The van der Waals surface area contributed by atoms with Crippen LogP contribution in [0.15, 0.2) is 24.3 Å². The normalized spacial score (nSPS) is 16.6. The molecule has 0 spiro atoms. The SMILES string of the molecule is CN(CCC(=O)c1ccc(F)cc1)CC1CCCCC1. The standard InChI is InChI=1S/C17H24FNO/c1-19(13-14-5-3-2-4-6-14)12-11-17(20)15-7-9-16(18)10-8-15/h7-10,14H,2-6,11-13H2,1H3. The van der Waals surface area contributed by atoms with Crippen molar-refractivity contribution in [3.63, 3.8) is 0 Å². The lowest BCUT2D eigenvalue weighted by molar-refractivity contribution is 0.0964. The number of carbonyl (C=O) groups excluding carboxylic acids is 1. The number of hydrogen-bond acceptors (Lipinski definition) is 2. The van der Waals surface area contributed by atoms with E-state index in [-0.39, 0.29) is 11.6 Å². The second kappa shape index (κ2) is 7.53. The molecule has 1 aliphatic rings. The summed E-state index contributed by atoms with van der Waals surface area (Å²) < 4.78 is 12.8. The summed E-state index contributed by atoms with van der Waals surface area (Å²) in [5, 5.41) is 0.